The molecule has 0 unspecified atom stereocenters. The van der Waals surface area contributed by atoms with Crippen molar-refractivity contribution in [3.8, 4) is 17.1 Å². The Morgan fingerprint density at radius 3 is 2.86 bits per heavy atom. The third kappa shape index (κ3) is 2.96. The van der Waals surface area contributed by atoms with Gasteiger partial charge in [0.2, 0.25) is 5.95 Å². The Hall–Kier alpha value is -1.79. The van der Waals surface area contributed by atoms with Crippen molar-refractivity contribution in [2.24, 2.45) is 5.73 Å². The number of methoxy groups -OCH3 is 1. The molecule has 0 bridgehead atoms. The second-order valence-corrected chi connectivity index (χ2v) is 5.59. The number of halogens is 1. The molecular formula is C14H18ClN5O. The Balaban J connectivity index is 1.85. The van der Waals surface area contributed by atoms with Gasteiger partial charge in [-0.2, -0.15) is 4.98 Å². The molecule has 112 valence electrons. The summed E-state index contributed by atoms with van der Waals surface area (Å²) in [4.78, 5) is 6.71. The fraction of sp³-hybridized carbons (Fsp3) is 0.429. The fourth-order valence-electron chi connectivity index (χ4n) is 2.47. The molecule has 1 aliphatic rings. The molecule has 0 radical (unpaired) electrons. The predicted molar refractivity (Wildman–Crippen MR) is 82.8 cm³/mol. The van der Waals surface area contributed by atoms with E-state index in [1.54, 1.807) is 13.2 Å². The summed E-state index contributed by atoms with van der Waals surface area (Å²) < 4.78 is 5.35. The third-order valence-electron chi connectivity index (χ3n) is 3.71. The fourth-order valence-corrected chi connectivity index (χ4v) is 2.64. The molecule has 7 heteroatoms. The molecule has 1 aromatic heterocycles. The lowest BCUT2D eigenvalue weighted by molar-refractivity contribution is 0.416. The van der Waals surface area contributed by atoms with Gasteiger partial charge in [-0.1, -0.05) is 11.6 Å². The number of ether oxygens (including phenoxy) is 1. The summed E-state index contributed by atoms with van der Waals surface area (Å²) in [5.41, 5.74) is 6.76. The van der Waals surface area contributed by atoms with Gasteiger partial charge in [0.25, 0.3) is 0 Å². The normalized spacial score (nSPS) is 16.2. The number of hydrogen-bond donors (Lipinski definition) is 2. The Kier molecular flexibility index (Phi) is 3.98. The van der Waals surface area contributed by atoms with E-state index in [1.807, 2.05) is 12.1 Å². The van der Waals surface area contributed by atoms with Gasteiger partial charge in [0.15, 0.2) is 5.82 Å². The third-order valence-corrected chi connectivity index (χ3v) is 3.95. The zero-order valence-corrected chi connectivity index (χ0v) is 12.6. The van der Waals surface area contributed by atoms with Crippen LogP contribution in [0.1, 0.15) is 12.8 Å². The van der Waals surface area contributed by atoms with Crippen LogP contribution in [-0.4, -0.2) is 41.4 Å². The van der Waals surface area contributed by atoms with E-state index >= 15 is 0 Å². The minimum atomic E-state index is 0.288. The van der Waals surface area contributed by atoms with Crippen molar-refractivity contribution < 1.29 is 4.74 Å². The van der Waals surface area contributed by atoms with Crippen molar-refractivity contribution in [1.82, 2.24) is 15.2 Å². The average molecular weight is 308 g/mol. The lowest BCUT2D eigenvalue weighted by Gasteiger charge is -2.28. The molecule has 2 aromatic rings. The zero-order chi connectivity index (χ0) is 14.8. The minimum Gasteiger partial charge on any atom is -0.496 e. The monoisotopic (exact) mass is 307 g/mol. The number of nitrogens with zero attached hydrogens (tertiary/aromatic N) is 3. The molecule has 0 amide bonds. The van der Waals surface area contributed by atoms with Gasteiger partial charge < -0.3 is 15.4 Å². The zero-order valence-electron chi connectivity index (χ0n) is 11.8. The highest BCUT2D eigenvalue weighted by atomic mass is 35.5. The first kappa shape index (κ1) is 14.2. The standard InChI is InChI=1S/C14H18ClN5O/c1-21-12-8-9(15)2-3-11(12)13-17-14(19-18-13)20-6-4-10(16)5-7-20/h2-3,8,10H,4-7,16H2,1H3,(H,17,18,19). The maximum Gasteiger partial charge on any atom is 0.245 e. The van der Waals surface area contributed by atoms with Gasteiger partial charge in [-0.3, -0.25) is 5.10 Å². The summed E-state index contributed by atoms with van der Waals surface area (Å²) in [5, 5.41) is 7.89. The Labute approximate surface area is 128 Å². The molecule has 1 aliphatic heterocycles. The lowest BCUT2D eigenvalue weighted by Crippen LogP contribution is -2.40. The topological polar surface area (TPSA) is 80.1 Å². The average Bonchev–Trinajstić information content (AvgIpc) is 2.97. The van der Waals surface area contributed by atoms with Crippen LogP contribution in [0.3, 0.4) is 0 Å². The van der Waals surface area contributed by atoms with E-state index in [0.717, 1.165) is 31.5 Å². The molecule has 0 aliphatic carbocycles. The molecule has 0 atom stereocenters. The van der Waals surface area contributed by atoms with Crippen molar-refractivity contribution in [2.45, 2.75) is 18.9 Å². The second-order valence-electron chi connectivity index (χ2n) is 5.15. The highest BCUT2D eigenvalue weighted by molar-refractivity contribution is 6.30. The van der Waals surface area contributed by atoms with Crippen LogP contribution in [0, 0.1) is 0 Å². The number of nitrogens with two attached hydrogens (primary N) is 1. The molecule has 6 nitrogen and oxygen atoms in total. The smallest absolute Gasteiger partial charge is 0.245 e. The number of nitrogens with one attached hydrogen (secondary N) is 1. The molecule has 3 rings (SSSR count). The maximum absolute atomic E-state index is 5.98. The van der Waals surface area contributed by atoms with Gasteiger partial charge in [-0.25, -0.2) is 0 Å². The van der Waals surface area contributed by atoms with E-state index in [1.165, 1.54) is 0 Å². The number of aromatic nitrogens is 3. The van der Waals surface area contributed by atoms with Gasteiger partial charge in [0.05, 0.1) is 12.7 Å². The lowest BCUT2D eigenvalue weighted by atomic mass is 10.1. The molecule has 0 saturated carbocycles. The second kappa shape index (κ2) is 5.91. The van der Waals surface area contributed by atoms with Gasteiger partial charge in [-0.05, 0) is 31.0 Å². The number of aromatic amines is 1. The Morgan fingerprint density at radius 1 is 1.38 bits per heavy atom. The van der Waals surface area contributed by atoms with Crippen molar-refractivity contribution in [2.75, 3.05) is 25.1 Å². The molecule has 1 saturated heterocycles. The first-order valence-electron chi connectivity index (χ1n) is 6.94. The largest absolute Gasteiger partial charge is 0.496 e. The Bertz CT molecular complexity index is 622. The van der Waals surface area contributed by atoms with Crippen molar-refractivity contribution >= 4 is 17.5 Å². The van der Waals surface area contributed by atoms with Gasteiger partial charge in [-0.15, -0.1) is 5.10 Å². The van der Waals surface area contributed by atoms with Crippen LogP contribution >= 0.6 is 11.6 Å². The van der Waals surface area contributed by atoms with Crippen LogP contribution in [-0.2, 0) is 0 Å². The highest BCUT2D eigenvalue weighted by Crippen LogP contribution is 2.31. The summed E-state index contributed by atoms with van der Waals surface area (Å²) in [6, 6.07) is 5.73. The van der Waals surface area contributed by atoms with Crippen LogP contribution in [0.4, 0.5) is 5.95 Å². The summed E-state index contributed by atoms with van der Waals surface area (Å²) in [6.45, 7) is 1.77. The first-order chi connectivity index (χ1) is 10.2. The SMILES string of the molecule is COc1cc(Cl)ccc1-c1nc(N2CCC(N)CC2)n[nH]1. The van der Waals surface area contributed by atoms with E-state index in [0.29, 0.717) is 22.5 Å². The van der Waals surface area contributed by atoms with Crippen LogP contribution in [0.5, 0.6) is 5.75 Å². The maximum atomic E-state index is 5.98. The molecule has 21 heavy (non-hydrogen) atoms. The van der Waals surface area contributed by atoms with Gasteiger partial charge in [0.1, 0.15) is 5.75 Å². The molecule has 1 fully saturated rings. The number of piperidine rings is 1. The summed E-state index contributed by atoms with van der Waals surface area (Å²) in [5.74, 6) is 2.05. The predicted octanol–water partition coefficient (Wildman–Crippen LogP) is 2.06. The minimum absolute atomic E-state index is 0.288. The van der Waals surface area contributed by atoms with E-state index in [4.69, 9.17) is 22.1 Å². The van der Waals surface area contributed by atoms with E-state index in [2.05, 4.69) is 20.1 Å². The summed E-state index contributed by atoms with van der Waals surface area (Å²) >= 11 is 5.98. The molecule has 1 aromatic carbocycles. The highest BCUT2D eigenvalue weighted by Gasteiger charge is 2.20. The Morgan fingerprint density at radius 2 is 2.14 bits per heavy atom. The number of anilines is 1. The summed E-state index contributed by atoms with van der Waals surface area (Å²) in [7, 11) is 1.61. The van der Waals surface area contributed by atoms with E-state index in [9.17, 15) is 0 Å². The van der Waals surface area contributed by atoms with Crippen molar-refractivity contribution in [3.05, 3.63) is 23.2 Å². The molecule has 2 heterocycles. The van der Waals surface area contributed by atoms with Gasteiger partial charge >= 0.3 is 0 Å². The van der Waals surface area contributed by atoms with E-state index in [-0.39, 0.29) is 6.04 Å². The molecule has 3 N–H and O–H groups in total. The van der Waals surface area contributed by atoms with Crippen LogP contribution < -0.4 is 15.4 Å². The number of benzene rings is 1. The number of rotatable bonds is 3. The molecule has 0 spiro atoms. The number of hydrogen-bond acceptors (Lipinski definition) is 5. The van der Waals surface area contributed by atoms with Crippen molar-refractivity contribution in [1.29, 1.82) is 0 Å². The first-order valence-corrected chi connectivity index (χ1v) is 7.32. The number of H-pyrrole nitrogens is 1. The van der Waals surface area contributed by atoms with Crippen LogP contribution in [0.25, 0.3) is 11.4 Å². The van der Waals surface area contributed by atoms with Crippen LogP contribution in [0.15, 0.2) is 18.2 Å². The van der Waals surface area contributed by atoms with E-state index < -0.39 is 0 Å². The van der Waals surface area contributed by atoms with Crippen molar-refractivity contribution in [3.63, 3.8) is 0 Å². The van der Waals surface area contributed by atoms with Crippen LogP contribution in [0.2, 0.25) is 5.02 Å². The quantitative estimate of drug-likeness (QED) is 0.907. The van der Waals surface area contributed by atoms with Gasteiger partial charge in [0, 0.05) is 24.2 Å². The summed E-state index contributed by atoms with van der Waals surface area (Å²) in [6.07, 6.45) is 1.93. The molecular weight excluding hydrogens is 290 g/mol.